The van der Waals surface area contributed by atoms with Crippen LogP contribution in [0.15, 0.2) is 47.4 Å². The van der Waals surface area contributed by atoms with Crippen LogP contribution in [0.4, 0.5) is 5.00 Å². The lowest BCUT2D eigenvalue weighted by Gasteiger charge is -2.09. The number of amides is 1. The van der Waals surface area contributed by atoms with Crippen molar-refractivity contribution in [2.75, 3.05) is 24.3 Å². The Kier molecular flexibility index (Phi) is 8.30. The SMILES string of the molecule is CCOC(=O)c1c(NC(=O)COC(=O)CSc2ccc3ccccc3c2)sc(C)c1CC. The highest BCUT2D eigenvalue weighted by molar-refractivity contribution is 8.00. The molecular weight excluding hydrogens is 446 g/mol. The Bertz CT molecular complexity index is 1140. The third-order valence-electron chi connectivity index (χ3n) is 4.74. The van der Waals surface area contributed by atoms with Gasteiger partial charge in [-0.15, -0.1) is 23.1 Å². The first-order valence-corrected chi connectivity index (χ1v) is 12.1. The van der Waals surface area contributed by atoms with Gasteiger partial charge in [0.1, 0.15) is 5.00 Å². The number of carbonyl (C=O) groups is 3. The standard InChI is InChI=1S/C24H25NO5S2/c1-4-19-15(3)32-23(22(19)24(28)29-5-2)25-20(26)13-30-21(27)14-31-18-11-10-16-8-6-7-9-17(16)12-18/h6-12H,4-5,13-14H2,1-3H3,(H,25,26). The Morgan fingerprint density at radius 3 is 2.50 bits per heavy atom. The van der Waals surface area contributed by atoms with Crippen LogP contribution in [-0.2, 0) is 25.5 Å². The van der Waals surface area contributed by atoms with E-state index in [-0.39, 0.29) is 12.4 Å². The van der Waals surface area contributed by atoms with Gasteiger partial charge in [0.05, 0.1) is 17.9 Å². The van der Waals surface area contributed by atoms with Crippen molar-refractivity contribution < 1.29 is 23.9 Å². The number of rotatable bonds is 9. The largest absolute Gasteiger partial charge is 0.462 e. The number of hydrogen-bond donors (Lipinski definition) is 1. The molecule has 0 aliphatic rings. The minimum atomic E-state index is -0.497. The highest BCUT2D eigenvalue weighted by Gasteiger charge is 2.23. The molecule has 0 saturated heterocycles. The molecule has 1 heterocycles. The molecule has 0 radical (unpaired) electrons. The molecule has 3 rings (SSSR count). The molecule has 0 fully saturated rings. The van der Waals surface area contributed by atoms with Crippen LogP contribution in [-0.4, -0.2) is 36.8 Å². The van der Waals surface area contributed by atoms with Crippen LogP contribution in [0.3, 0.4) is 0 Å². The Morgan fingerprint density at radius 2 is 1.78 bits per heavy atom. The summed E-state index contributed by atoms with van der Waals surface area (Å²) in [7, 11) is 0. The second-order valence-electron chi connectivity index (χ2n) is 6.92. The maximum absolute atomic E-state index is 12.4. The van der Waals surface area contributed by atoms with Crippen molar-refractivity contribution in [2.24, 2.45) is 0 Å². The van der Waals surface area contributed by atoms with E-state index in [4.69, 9.17) is 9.47 Å². The highest BCUT2D eigenvalue weighted by Crippen LogP contribution is 2.34. The van der Waals surface area contributed by atoms with E-state index in [1.54, 1.807) is 6.92 Å². The molecule has 1 N–H and O–H groups in total. The normalized spacial score (nSPS) is 10.7. The smallest absolute Gasteiger partial charge is 0.341 e. The van der Waals surface area contributed by atoms with Gasteiger partial charge < -0.3 is 14.8 Å². The molecule has 32 heavy (non-hydrogen) atoms. The van der Waals surface area contributed by atoms with Crippen LogP contribution in [0.1, 0.15) is 34.6 Å². The van der Waals surface area contributed by atoms with Crippen molar-refractivity contribution in [3.05, 3.63) is 58.5 Å². The molecule has 1 amide bonds. The van der Waals surface area contributed by atoms with Crippen LogP contribution in [0.25, 0.3) is 10.8 Å². The quantitative estimate of drug-likeness (QED) is 0.340. The molecule has 0 aliphatic carbocycles. The molecule has 3 aromatic rings. The number of carbonyl (C=O) groups excluding carboxylic acids is 3. The Hall–Kier alpha value is -2.84. The van der Waals surface area contributed by atoms with Gasteiger partial charge in [0.25, 0.3) is 5.91 Å². The van der Waals surface area contributed by atoms with Crippen molar-refractivity contribution in [2.45, 2.75) is 32.1 Å². The summed E-state index contributed by atoms with van der Waals surface area (Å²) in [6.45, 7) is 5.40. The summed E-state index contributed by atoms with van der Waals surface area (Å²) in [6, 6.07) is 14.0. The number of thiophene rings is 1. The van der Waals surface area contributed by atoms with Crippen LogP contribution in [0, 0.1) is 6.92 Å². The van der Waals surface area contributed by atoms with Gasteiger partial charge >= 0.3 is 11.9 Å². The third kappa shape index (κ3) is 5.89. The maximum Gasteiger partial charge on any atom is 0.341 e. The number of esters is 2. The van der Waals surface area contributed by atoms with Crippen LogP contribution in [0.5, 0.6) is 0 Å². The van der Waals surface area contributed by atoms with Gasteiger partial charge in [0, 0.05) is 9.77 Å². The number of fused-ring (bicyclic) bond motifs is 1. The topological polar surface area (TPSA) is 81.7 Å². The first-order valence-electron chi connectivity index (χ1n) is 10.3. The molecule has 1 aromatic heterocycles. The first-order chi connectivity index (χ1) is 15.4. The van der Waals surface area contributed by atoms with E-state index in [0.717, 1.165) is 26.1 Å². The van der Waals surface area contributed by atoms with Gasteiger partial charge in [0.2, 0.25) is 0 Å². The van der Waals surface area contributed by atoms with E-state index in [2.05, 4.69) is 5.32 Å². The molecule has 8 heteroatoms. The lowest BCUT2D eigenvalue weighted by atomic mass is 10.1. The average molecular weight is 472 g/mol. The number of anilines is 1. The van der Waals surface area contributed by atoms with Crippen molar-refractivity contribution >= 4 is 56.7 Å². The molecule has 0 unspecified atom stereocenters. The number of ether oxygens (including phenoxy) is 2. The van der Waals surface area contributed by atoms with Crippen molar-refractivity contribution in [1.82, 2.24) is 0 Å². The van der Waals surface area contributed by atoms with Gasteiger partial charge in [-0.3, -0.25) is 9.59 Å². The molecule has 0 saturated carbocycles. The number of benzene rings is 2. The fourth-order valence-electron chi connectivity index (χ4n) is 3.26. The van der Waals surface area contributed by atoms with Gasteiger partial charge in [-0.1, -0.05) is 37.3 Å². The highest BCUT2D eigenvalue weighted by atomic mass is 32.2. The Labute approximate surface area is 195 Å². The third-order valence-corrected chi connectivity index (χ3v) is 6.77. The molecule has 6 nitrogen and oxygen atoms in total. The zero-order chi connectivity index (χ0) is 23.1. The van der Waals surface area contributed by atoms with E-state index in [0.29, 0.717) is 17.0 Å². The molecule has 0 bridgehead atoms. The summed E-state index contributed by atoms with van der Waals surface area (Å²) in [5.41, 5.74) is 1.23. The zero-order valence-corrected chi connectivity index (χ0v) is 19.9. The molecule has 0 aliphatic heterocycles. The monoisotopic (exact) mass is 471 g/mol. The number of aryl methyl sites for hydroxylation is 1. The predicted octanol–water partition coefficient (Wildman–Crippen LogP) is 5.22. The summed E-state index contributed by atoms with van der Waals surface area (Å²) >= 11 is 2.67. The van der Waals surface area contributed by atoms with E-state index >= 15 is 0 Å². The number of nitrogens with one attached hydrogen (secondary N) is 1. The van der Waals surface area contributed by atoms with Crippen LogP contribution < -0.4 is 5.32 Å². The van der Waals surface area contributed by atoms with E-state index in [1.165, 1.54) is 23.1 Å². The van der Waals surface area contributed by atoms with E-state index in [9.17, 15) is 14.4 Å². The van der Waals surface area contributed by atoms with E-state index in [1.807, 2.05) is 56.3 Å². The van der Waals surface area contributed by atoms with Gasteiger partial charge in [-0.05, 0) is 48.7 Å². The molecule has 0 spiro atoms. The number of thioether (sulfide) groups is 1. The second-order valence-corrected chi connectivity index (χ2v) is 9.19. The van der Waals surface area contributed by atoms with Crippen LogP contribution in [0.2, 0.25) is 0 Å². The predicted molar refractivity (Wildman–Crippen MR) is 129 cm³/mol. The average Bonchev–Trinajstić information content (AvgIpc) is 3.10. The van der Waals surface area contributed by atoms with E-state index < -0.39 is 24.5 Å². The molecule has 168 valence electrons. The number of hydrogen-bond acceptors (Lipinski definition) is 7. The first kappa shape index (κ1) is 23.8. The Balaban J connectivity index is 1.54. The fraction of sp³-hybridized carbons (Fsp3) is 0.292. The second kappa shape index (κ2) is 11.2. The Morgan fingerprint density at radius 1 is 1.03 bits per heavy atom. The van der Waals surface area contributed by atoms with Crippen LogP contribution >= 0.6 is 23.1 Å². The van der Waals surface area contributed by atoms with Crippen molar-refractivity contribution in [1.29, 1.82) is 0 Å². The van der Waals surface area contributed by atoms with Gasteiger partial charge in [-0.2, -0.15) is 0 Å². The summed E-state index contributed by atoms with van der Waals surface area (Å²) in [5, 5.41) is 5.34. The van der Waals surface area contributed by atoms with Crippen molar-refractivity contribution in [3.63, 3.8) is 0 Å². The molecule has 2 aromatic carbocycles. The minimum Gasteiger partial charge on any atom is -0.462 e. The maximum atomic E-state index is 12.4. The molecule has 0 atom stereocenters. The van der Waals surface area contributed by atoms with Crippen molar-refractivity contribution in [3.8, 4) is 0 Å². The summed E-state index contributed by atoms with van der Waals surface area (Å²) in [6.07, 6.45) is 0.646. The van der Waals surface area contributed by atoms with Gasteiger partial charge in [-0.25, -0.2) is 4.79 Å². The lowest BCUT2D eigenvalue weighted by molar-refractivity contribution is -0.144. The minimum absolute atomic E-state index is 0.0950. The summed E-state index contributed by atoms with van der Waals surface area (Å²) in [4.78, 5) is 38.7. The summed E-state index contributed by atoms with van der Waals surface area (Å²) < 4.78 is 10.2. The lowest BCUT2D eigenvalue weighted by Crippen LogP contribution is -2.22. The summed E-state index contributed by atoms with van der Waals surface area (Å²) in [5.74, 6) is -1.35. The fourth-order valence-corrected chi connectivity index (χ4v) is 5.15. The molecular formula is C24H25NO5S2. The van der Waals surface area contributed by atoms with Gasteiger partial charge in [0.15, 0.2) is 6.61 Å². The zero-order valence-electron chi connectivity index (χ0n) is 18.2.